The molecule has 1 amide bonds. The summed E-state index contributed by atoms with van der Waals surface area (Å²) in [4.78, 5) is 23.9. The number of fused-ring (bicyclic) bond motifs is 2. The van der Waals surface area contributed by atoms with Crippen molar-refractivity contribution in [2.75, 3.05) is 13.7 Å². The van der Waals surface area contributed by atoms with Crippen molar-refractivity contribution in [2.45, 2.75) is 32.5 Å². The second-order valence-electron chi connectivity index (χ2n) is 6.14. The molecule has 1 aliphatic heterocycles. The Labute approximate surface area is 122 Å². The molecule has 112 valence electrons. The van der Waals surface area contributed by atoms with Crippen LogP contribution in [0.2, 0.25) is 0 Å². The van der Waals surface area contributed by atoms with Gasteiger partial charge in [-0.2, -0.15) is 0 Å². The van der Waals surface area contributed by atoms with Crippen LogP contribution in [0.3, 0.4) is 0 Å². The molecule has 4 rings (SSSR count). The first-order valence-electron chi connectivity index (χ1n) is 7.31. The van der Waals surface area contributed by atoms with Crippen molar-refractivity contribution in [2.24, 2.45) is 11.3 Å². The van der Waals surface area contributed by atoms with Crippen LogP contribution in [0.25, 0.3) is 0 Å². The van der Waals surface area contributed by atoms with E-state index in [9.17, 15) is 9.59 Å². The van der Waals surface area contributed by atoms with Crippen LogP contribution >= 0.6 is 0 Å². The van der Waals surface area contributed by atoms with Gasteiger partial charge in [0, 0.05) is 12.2 Å². The predicted octanol–water partition coefficient (Wildman–Crippen LogP) is 0.831. The summed E-state index contributed by atoms with van der Waals surface area (Å²) in [6, 6.07) is 1.81. The predicted molar refractivity (Wildman–Crippen MR) is 72.4 cm³/mol. The van der Waals surface area contributed by atoms with Gasteiger partial charge >= 0.3 is 5.97 Å². The number of aromatic nitrogens is 1. The number of carbonyl (C=O) groups is 2. The molecule has 0 atom stereocenters. The van der Waals surface area contributed by atoms with Gasteiger partial charge in [-0.3, -0.25) is 4.79 Å². The van der Waals surface area contributed by atoms with E-state index in [1.54, 1.807) is 0 Å². The number of esters is 1. The maximum Gasteiger partial charge on any atom is 0.339 e. The summed E-state index contributed by atoms with van der Waals surface area (Å²) in [5, 5.41) is 3.01. The quantitative estimate of drug-likeness (QED) is 0.834. The average Bonchev–Trinajstić information content (AvgIpc) is 3.34. The Morgan fingerprint density at radius 2 is 2.29 bits per heavy atom. The number of ether oxygens (including phenoxy) is 2. The Balaban J connectivity index is 1.54. The lowest BCUT2D eigenvalue weighted by Crippen LogP contribution is -2.29. The van der Waals surface area contributed by atoms with Crippen molar-refractivity contribution < 1.29 is 19.1 Å². The van der Waals surface area contributed by atoms with Gasteiger partial charge in [0.05, 0.1) is 43.5 Å². The van der Waals surface area contributed by atoms with E-state index in [2.05, 4.69) is 9.88 Å². The van der Waals surface area contributed by atoms with Gasteiger partial charge in [-0.1, -0.05) is 0 Å². The number of carbonyl (C=O) groups excluding carboxylic acids is 2. The summed E-state index contributed by atoms with van der Waals surface area (Å²) in [6.07, 6.45) is 2.10. The highest BCUT2D eigenvalue weighted by molar-refractivity contribution is 5.91. The number of nitrogens with zero attached hydrogens (tertiary/aromatic N) is 1. The summed E-state index contributed by atoms with van der Waals surface area (Å²) < 4.78 is 12.3. The Hall–Kier alpha value is -1.82. The summed E-state index contributed by atoms with van der Waals surface area (Å²) in [5.41, 5.74) is 2.30. The van der Waals surface area contributed by atoms with E-state index in [1.807, 2.05) is 6.07 Å². The summed E-state index contributed by atoms with van der Waals surface area (Å²) >= 11 is 0. The van der Waals surface area contributed by atoms with Crippen LogP contribution in [0.1, 0.15) is 34.6 Å². The van der Waals surface area contributed by atoms with Crippen molar-refractivity contribution in [1.82, 2.24) is 9.88 Å². The van der Waals surface area contributed by atoms with Crippen molar-refractivity contribution in [3.8, 4) is 0 Å². The van der Waals surface area contributed by atoms with E-state index >= 15 is 0 Å². The number of nitrogens with one attached hydrogen (secondary N) is 1. The zero-order chi connectivity index (χ0) is 14.6. The zero-order valence-electron chi connectivity index (χ0n) is 12.0. The molecule has 2 fully saturated rings. The van der Waals surface area contributed by atoms with E-state index < -0.39 is 0 Å². The van der Waals surface area contributed by atoms with Crippen LogP contribution in [0.5, 0.6) is 0 Å². The molecule has 0 bridgehead atoms. The molecule has 21 heavy (non-hydrogen) atoms. The fourth-order valence-electron chi connectivity index (χ4n) is 3.26. The Morgan fingerprint density at radius 1 is 1.52 bits per heavy atom. The van der Waals surface area contributed by atoms with Crippen LogP contribution in [-0.4, -0.2) is 30.2 Å². The number of methoxy groups -OCH3 is 1. The third kappa shape index (κ3) is 1.89. The summed E-state index contributed by atoms with van der Waals surface area (Å²) in [6.45, 7) is 2.18. The first kappa shape index (κ1) is 12.9. The molecule has 0 radical (unpaired) electrons. The molecule has 2 aliphatic carbocycles. The molecular formula is C15H18N2O4. The van der Waals surface area contributed by atoms with E-state index in [1.165, 1.54) is 7.11 Å². The fraction of sp³-hybridized carbons (Fsp3) is 0.600. The van der Waals surface area contributed by atoms with Gasteiger partial charge in [0.2, 0.25) is 5.91 Å². The van der Waals surface area contributed by atoms with Gasteiger partial charge in [-0.25, -0.2) is 4.79 Å². The molecule has 2 heterocycles. The summed E-state index contributed by atoms with van der Waals surface area (Å²) in [5.74, 6) is 0.442. The topological polar surface area (TPSA) is 69.6 Å². The molecule has 1 N–H and O–H groups in total. The van der Waals surface area contributed by atoms with Gasteiger partial charge in [0.1, 0.15) is 0 Å². The zero-order valence-corrected chi connectivity index (χ0v) is 12.0. The van der Waals surface area contributed by atoms with Gasteiger partial charge in [0.25, 0.3) is 0 Å². The summed E-state index contributed by atoms with van der Waals surface area (Å²) in [7, 11) is 1.37. The van der Waals surface area contributed by atoms with Crippen LogP contribution in [0.4, 0.5) is 0 Å². The second kappa shape index (κ2) is 4.34. The van der Waals surface area contributed by atoms with Crippen molar-refractivity contribution >= 4 is 11.9 Å². The fourth-order valence-corrected chi connectivity index (χ4v) is 3.26. The van der Waals surface area contributed by atoms with Gasteiger partial charge in [0.15, 0.2) is 0 Å². The smallest absolute Gasteiger partial charge is 0.339 e. The maximum atomic E-state index is 12.1. The van der Waals surface area contributed by atoms with Gasteiger partial charge in [-0.05, 0) is 24.8 Å². The first-order valence-corrected chi connectivity index (χ1v) is 7.31. The third-order valence-corrected chi connectivity index (χ3v) is 4.96. The lowest BCUT2D eigenvalue weighted by Gasteiger charge is -2.19. The molecule has 1 aromatic rings. The van der Waals surface area contributed by atoms with E-state index in [0.29, 0.717) is 37.8 Å². The number of rotatable bonds is 4. The minimum absolute atomic E-state index is 0.0222. The minimum Gasteiger partial charge on any atom is -0.465 e. The van der Waals surface area contributed by atoms with E-state index in [0.717, 1.165) is 24.2 Å². The van der Waals surface area contributed by atoms with Crippen molar-refractivity contribution in [3.63, 3.8) is 0 Å². The highest BCUT2D eigenvalue weighted by Crippen LogP contribution is 2.75. The highest BCUT2D eigenvalue weighted by atomic mass is 16.5. The van der Waals surface area contributed by atoms with E-state index in [-0.39, 0.29) is 17.3 Å². The molecule has 3 aliphatic rings. The molecule has 1 aromatic heterocycles. The largest absolute Gasteiger partial charge is 0.465 e. The molecule has 6 heteroatoms. The minimum atomic E-state index is -0.357. The van der Waals surface area contributed by atoms with Gasteiger partial charge in [-0.15, -0.1) is 0 Å². The molecule has 0 saturated heterocycles. The SMILES string of the molecule is COC(=O)c1cc(CNC(=O)C23CC2C3)n2c1COCC2. The molecule has 0 unspecified atom stereocenters. The van der Waals surface area contributed by atoms with Crippen LogP contribution in [0.15, 0.2) is 6.07 Å². The highest BCUT2D eigenvalue weighted by Gasteiger charge is 2.74. The van der Waals surface area contributed by atoms with Crippen LogP contribution in [0, 0.1) is 11.3 Å². The monoisotopic (exact) mass is 290 g/mol. The lowest BCUT2D eigenvalue weighted by atomic mass is 10.2. The Morgan fingerprint density at radius 3 is 2.95 bits per heavy atom. The average molecular weight is 290 g/mol. The number of hydrogen-bond acceptors (Lipinski definition) is 4. The molecule has 0 aromatic carbocycles. The number of hydrogen-bond donors (Lipinski definition) is 1. The molecule has 6 nitrogen and oxygen atoms in total. The molecular weight excluding hydrogens is 272 g/mol. The van der Waals surface area contributed by atoms with Crippen molar-refractivity contribution in [1.29, 1.82) is 0 Å². The Kier molecular flexibility index (Phi) is 2.66. The molecule has 2 saturated carbocycles. The van der Waals surface area contributed by atoms with Gasteiger partial charge < -0.3 is 19.4 Å². The maximum absolute atomic E-state index is 12.1. The van der Waals surface area contributed by atoms with E-state index in [4.69, 9.17) is 9.47 Å². The third-order valence-electron chi connectivity index (χ3n) is 4.96. The van der Waals surface area contributed by atoms with Crippen LogP contribution < -0.4 is 5.32 Å². The first-order chi connectivity index (χ1) is 10.2. The molecule has 0 spiro atoms. The number of amides is 1. The Bertz CT molecular complexity index is 628. The standard InChI is InChI=1S/C15H18N2O4/c1-20-13(18)11-4-10(17-2-3-21-8-12(11)17)7-16-14(19)15-5-9(15)6-15/h4,9H,2-3,5-8H2,1H3,(H,16,19). The lowest BCUT2D eigenvalue weighted by molar-refractivity contribution is -0.124. The van der Waals surface area contributed by atoms with Crippen LogP contribution in [-0.2, 0) is 34.0 Å². The second-order valence-corrected chi connectivity index (χ2v) is 6.14. The normalized spacial score (nSPS) is 28.3. The van der Waals surface area contributed by atoms with Crippen molar-refractivity contribution in [3.05, 3.63) is 23.0 Å².